The fourth-order valence-electron chi connectivity index (χ4n) is 10.8. The monoisotopic (exact) mass is 1110 g/mol. The van der Waals surface area contributed by atoms with Gasteiger partial charge in [0.2, 0.25) is 5.91 Å². The van der Waals surface area contributed by atoms with E-state index in [9.17, 15) is 15.0 Å². The molecule has 4 nitrogen and oxygen atoms in total. The van der Waals surface area contributed by atoms with E-state index in [0.717, 1.165) is 77.0 Å². The van der Waals surface area contributed by atoms with Crippen LogP contribution in [0.3, 0.4) is 0 Å². The summed E-state index contributed by atoms with van der Waals surface area (Å²) in [6.07, 6.45) is 105. The van der Waals surface area contributed by atoms with Crippen molar-refractivity contribution in [3.05, 3.63) is 97.2 Å². The standard InChI is InChI=1S/C76H137NO3/c1-3-5-7-9-11-13-15-17-19-21-23-25-27-29-31-32-33-34-35-36-37-38-39-40-41-42-43-44-46-48-50-52-54-56-58-60-62-64-66-68-70-72-76(80)77-74(73-78)75(79)71-69-67-65-63-61-59-57-55-53-51-49-47-45-30-28-26-24-22-20-18-16-14-12-10-8-6-4-2/h5,7,11,13,17,19,23,25,29,31,33-34,36-37,39-40,74-75,78-79H,3-4,6,8-10,12,14-16,18,20-22,24,26-28,30,32,35,38,41-73H2,1-2H3,(H,77,80)/b7-5-,13-11-,19-17-,25-23-,31-29-,34-33-,37-36-,40-39-. The third-order valence-electron chi connectivity index (χ3n) is 16.1. The average Bonchev–Trinajstić information content (AvgIpc) is 3.46. The Morgan fingerprint density at radius 2 is 0.550 bits per heavy atom. The van der Waals surface area contributed by atoms with Crippen LogP contribution in [0.25, 0.3) is 0 Å². The lowest BCUT2D eigenvalue weighted by molar-refractivity contribution is -0.123. The van der Waals surface area contributed by atoms with Gasteiger partial charge in [0.15, 0.2) is 0 Å². The molecule has 0 fully saturated rings. The van der Waals surface area contributed by atoms with E-state index in [4.69, 9.17) is 0 Å². The van der Waals surface area contributed by atoms with Crippen LogP contribution in [-0.2, 0) is 4.79 Å². The fourth-order valence-corrected chi connectivity index (χ4v) is 10.8. The molecule has 3 N–H and O–H groups in total. The first-order valence-electron chi connectivity index (χ1n) is 35.4. The average molecular weight is 1110 g/mol. The van der Waals surface area contributed by atoms with Crippen molar-refractivity contribution in [2.45, 2.75) is 373 Å². The SMILES string of the molecule is CC/C=C\C/C=C\C/C=C\C/C=C\C/C=C\C/C=C\C/C=C\C/C=C\CCCCCCCCCCCCCCCCCCC(=O)NC(CO)C(O)CCCCCCCCCCCCCCCCCCCCCCCCCCCCC. The zero-order valence-electron chi connectivity index (χ0n) is 53.6. The summed E-state index contributed by atoms with van der Waals surface area (Å²) in [5, 5.41) is 23.5. The van der Waals surface area contributed by atoms with Gasteiger partial charge in [-0.2, -0.15) is 0 Å². The van der Waals surface area contributed by atoms with Crippen molar-refractivity contribution in [3.8, 4) is 0 Å². The quantitative estimate of drug-likeness (QED) is 0.0420. The van der Waals surface area contributed by atoms with Crippen molar-refractivity contribution < 1.29 is 15.0 Å². The van der Waals surface area contributed by atoms with E-state index in [1.54, 1.807) is 0 Å². The molecule has 0 saturated carbocycles. The fraction of sp³-hybridized carbons (Fsp3) is 0.776. The van der Waals surface area contributed by atoms with Crippen LogP contribution in [-0.4, -0.2) is 34.9 Å². The number of hydrogen-bond acceptors (Lipinski definition) is 3. The Balaban J connectivity index is 3.46. The highest BCUT2D eigenvalue weighted by molar-refractivity contribution is 5.76. The van der Waals surface area contributed by atoms with Gasteiger partial charge < -0.3 is 15.5 Å². The number of aliphatic hydroxyl groups is 2. The van der Waals surface area contributed by atoms with Crippen LogP contribution in [0.1, 0.15) is 361 Å². The van der Waals surface area contributed by atoms with Crippen LogP contribution in [0.4, 0.5) is 0 Å². The van der Waals surface area contributed by atoms with Crippen LogP contribution < -0.4 is 5.32 Å². The number of aliphatic hydroxyl groups excluding tert-OH is 2. The highest BCUT2D eigenvalue weighted by Gasteiger charge is 2.20. The maximum Gasteiger partial charge on any atom is 0.220 e. The second kappa shape index (κ2) is 70.6. The van der Waals surface area contributed by atoms with E-state index in [1.165, 1.54) is 257 Å². The number of carbonyl (C=O) groups is 1. The lowest BCUT2D eigenvalue weighted by atomic mass is 10.0. The molecule has 0 saturated heterocycles. The maximum absolute atomic E-state index is 12.6. The predicted molar refractivity (Wildman–Crippen MR) is 359 cm³/mol. The number of amides is 1. The van der Waals surface area contributed by atoms with Crippen LogP contribution in [0.5, 0.6) is 0 Å². The summed E-state index contributed by atoms with van der Waals surface area (Å²) >= 11 is 0. The third kappa shape index (κ3) is 66.1. The molecular weight excluding hydrogens is 975 g/mol. The molecule has 0 aromatic heterocycles. The molecule has 0 aliphatic rings. The molecule has 1 amide bonds. The lowest BCUT2D eigenvalue weighted by Gasteiger charge is -2.22. The molecule has 0 heterocycles. The molecule has 0 radical (unpaired) electrons. The van der Waals surface area contributed by atoms with E-state index >= 15 is 0 Å². The third-order valence-corrected chi connectivity index (χ3v) is 16.1. The first-order valence-corrected chi connectivity index (χ1v) is 35.4. The zero-order chi connectivity index (χ0) is 57.6. The predicted octanol–water partition coefficient (Wildman–Crippen LogP) is 24.4. The molecule has 0 aromatic carbocycles. The van der Waals surface area contributed by atoms with E-state index in [1.807, 2.05) is 0 Å². The molecular formula is C76H137NO3. The summed E-state index contributed by atoms with van der Waals surface area (Å²) in [4.78, 5) is 12.6. The van der Waals surface area contributed by atoms with E-state index in [0.29, 0.717) is 12.8 Å². The summed E-state index contributed by atoms with van der Waals surface area (Å²) in [7, 11) is 0. The van der Waals surface area contributed by atoms with Crippen molar-refractivity contribution in [1.29, 1.82) is 0 Å². The maximum atomic E-state index is 12.6. The minimum Gasteiger partial charge on any atom is -0.394 e. The van der Waals surface area contributed by atoms with E-state index in [2.05, 4.69) is 116 Å². The Morgan fingerprint density at radius 1 is 0.312 bits per heavy atom. The molecule has 0 aromatic rings. The van der Waals surface area contributed by atoms with Crippen molar-refractivity contribution in [1.82, 2.24) is 5.32 Å². The number of allylic oxidation sites excluding steroid dienone is 16. The summed E-state index contributed by atoms with van der Waals surface area (Å²) in [5.74, 6) is -0.0282. The van der Waals surface area contributed by atoms with Crippen molar-refractivity contribution in [3.63, 3.8) is 0 Å². The topological polar surface area (TPSA) is 69.6 Å². The Hall–Kier alpha value is -2.69. The van der Waals surface area contributed by atoms with E-state index in [-0.39, 0.29) is 12.5 Å². The van der Waals surface area contributed by atoms with Gasteiger partial charge >= 0.3 is 0 Å². The first-order chi connectivity index (χ1) is 39.7. The summed E-state index contributed by atoms with van der Waals surface area (Å²) in [5.41, 5.74) is 0. The minimum atomic E-state index is -0.665. The molecule has 0 aliphatic heterocycles. The van der Waals surface area contributed by atoms with Gasteiger partial charge in [-0.25, -0.2) is 0 Å². The Morgan fingerprint density at radius 3 is 0.825 bits per heavy atom. The van der Waals surface area contributed by atoms with Crippen LogP contribution in [0.15, 0.2) is 97.2 Å². The second-order valence-corrected chi connectivity index (χ2v) is 23.9. The van der Waals surface area contributed by atoms with Gasteiger partial charge in [0.1, 0.15) is 0 Å². The number of hydrogen-bond donors (Lipinski definition) is 3. The number of rotatable bonds is 65. The van der Waals surface area contributed by atoms with Gasteiger partial charge in [-0.05, 0) is 77.0 Å². The largest absolute Gasteiger partial charge is 0.394 e. The lowest BCUT2D eigenvalue weighted by Crippen LogP contribution is -2.45. The molecule has 464 valence electrons. The Kier molecular flexibility index (Phi) is 68.2. The highest BCUT2D eigenvalue weighted by Crippen LogP contribution is 2.19. The molecule has 0 rings (SSSR count). The summed E-state index contributed by atoms with van der Waals surface area (Å²) in [6.45, 7) is 4.28. The molecule has 0 aliphatic carbocycles. The van der Waals surface area contributed by atoms with Crippen LogP contribution >= 0.6 is 0 Å². The zero-order valence-corrected chi connectivity index (χ0v) is 53.6. The number of unbranched alkanes of at least 4 members (excludes halogenated alkanes) is 42. The van der Waals surface area contributed by atoms with Crippen molar-refractivity contribution >= 4 is 5.91 Å². The van der Waals surface area contributed by atoms with Gasteiger partial charge in [-0.15, -0.1) is 0 Å². The Labute approximate surface area is 500 Å². The number of nitrogens with one attached hydrogen (secondary N) is 1. The van der Waals surface area contributed by atoms with Crippen LogP contribution in [0.2, 0.25) is 0 Å². The second-order valence-electron chi connectivity index (χ2n) is 23.9. The van der Waals surface area contributed by atoms with Gasteiger partial charge in [0.05, 0.1) is 18.8 Å². The summed E-state index contributed by atoms with van der Waals surface area (Å²) < 4.78 is 0. The summed E-state index contributed by atoms with van der Waals surface area (Å²) in [6, 6.07) is -0.542. The molecule has 0 spiro atoms. The number of carbonyl (C=O) groups excluding carboxylic acids is 1. The normalized spacial score (nSPS) is 13.3. The van der Waals surface area contributed by atoms with Gasteiger partial charge in [-0.1, -0.05) is 374 Å². The van der Waals surface area contributed by atoms with E-state index < -0.39 is 12.1 Å². The van der Waals surface area contributed by atoms with Crippen LogP contribution in [0, 0.1) is 0 Å². The molecule has 4 heteroatoms. The van der Waals surface area contributed by atoms with Gasteiger partial charge in [-0.3, -0.25) is 4.79 Å². The van der Waals surface area contributed by atoms with Gasteiger partial charge in [0, 0.05) is 6.42 Å². The minimum absolute atomic E-state index is 0.0282. The highest BCUT2D eigenvalue weighted by atomic mass is 16.3. The molecule has 80 heavy (non-hydrogen) atoms. The molecule has 0 bridgehead atoms. The molecule has 2 atom stereocenters. The molecule has 2 unspecified atom stereocenters. The first kappa shape index (κ1) is 77.3. The Bertz CT molecular complexity index is 1450. The van der Waals surface area contributed by atoms with Crippen molar-refractivity contribution in [2.24, 2.45) is 0 Å². The smallest absolute Gasteiger partial charge is 0.220 e. The van der Waals surface area contributed by atoms with Gasteiger partial charge in [0.25, 0.3) is 0 Å². The van der Waals surface area contributed by atoms with Crippen molar-refractivity contribution in [2.75, 3.05) is 6.61 Å².